The molecule has 6 atom stereocenters. The number of likely N-dealkylation sites (N-methyl/N-ethyl adjacent to an activating group) is 1. The molecule has 1 fully saturated rings. The maximum atomic E-state index is 14.1. The predicted octanol–water partition coefficient (Wildman–Crippen LogP) is 2.24. The summed E-state index contributed by atoms with van der Waals surface area (Å²) in [7, 11) is 3.20. The molecule has 0 heterocycles. The summed E-state index contributed by atoms with van der Waals surface area (Å²) < 4.78 is 5.93. The van der Waals surface area contributed by atoms with Crippen LogP contribution in [0.4, 0.5) is 0 Å². The number of primary amides is 1. The number of Topliss-reactive ketones (excluding diaryl/α,β-unsaturated/α-hetero) is 2. The first-order valence-corrected chi connectivity index (χ1v) is 12.3. The highest BCUT2D eigenvalue weighted by Crippen LogP contribution is 2.58. The van der Waals surface area contributed by atoms with Crippen LogP contribution in [-0.2, 0) is 14.4 Å². The number of amides is 1. The van der Waals surface area contributed by atoms with E-state index in [2.05, 4.69) is 0 Å². The molecule has 4 rings (SSSR count). The molecule has 0 unspecified atom stereocenters. The molecule has 1 aromatic rings. The minimum atomic E-state index is -2.61. The van der Waals surface area contributed by atoms with Crippen LogP contribution >= 0.6 is 0 Å². The van der Waals surface area contributed by atoms with E-state index < -0.39 is 58.2 Å². The number of unbranched alkanes of at least 4 members (excludes halogenated alkanes) is 1. The third-order valence-corrected chi connectivity index (χ3v) is 8.13. The molecule has 1 amide bonds. The van der Waals surface area contributed by atoms with Gasteiger partial charge in [-0.05, 0) is 44.0 Å². The number of rotatable bonds is 6. The summed E-state index contributed by atoms with van der Waals surface area (Å²) in [6.07, 6.45) is 1.73. The molecule has 0 aromatic heterocycles. The van der Waals surface area contributed by atoms with E-state index in [0.717, 1.165) is 18.4 Å². The first kappa shape index (κ1) is 25.9. The van der Waals surface area contributed by atoms with Gasteiger partial charge in [0.1, 0.15) is 22.8 Å². The summed E-state index contributed by atoms with van der Waals surface area (Å²) in [5.74, 6) is -6.32. The van der Waals surface area contributed by atoms with Gasteiger partial charge in [-0.1, -0.05) is 39.3 Å². The third-order valence-electron chi connectivity index (χ3n) is 8.13. The summed E-state index contributed by atoms with van der Waals surface area (Å²) in [6.45, 7) is 6.18. The Labute approximate surface area is 210 Å². The van der Waals surface area contributed by atoms with Gasteiger partial charge in [-0.2, -0.15) is 0 Å². The SMILES string of the molecule is CCCCOc1cccc2c1C(O)=C1C(=O)[C@]3(O)C(O)=C(C(N)=O)C(=O)[C@@H](N(C)C)[C@@H]3[C@@H](C)[C@@H]1[C@H]2C. The van der Waals surface area contributed by atoms with E-state index >= 15 is 0 Å². The Balaban J connectivity index is 1.98. The molecule has 3 aliphatic carbocycles. The topological polar surface area (TPSA) is 150 Å². The van der Waals surface area contributed by atoms with Gasteiger partial charge in [0, 0.05) is 17.4 Å². The molecule has 0 spiro atoms. The minimum Gasteiger partial charge on any atom is -0.508 e. The van der Waals surface area contributed by atoms with E-state index in [-0.39, 0.29) is 17.3 Å². The molecule has 9 heteroatoms. The van der Waals surface area contributed by atoms with Crippen LogP contribution in [0.5, 0.6) is 5.75 Å². The van der Waals surface area contributed by atoms with Crippen molar-refractivity contribution in [3.63, 3.8) is 0 Å². The van der Waals surface area contributed by atoms with Crippen molar-refractivity contribution in [2.24, 2.45) is 23.5 Å². The molecule has 1 saturated carbocycles. The van der Waals surface area contributed by atoms with Crippen LogP contribution < -0.4 is 10.5 Å². The van der Waals surface area contributed by atoms with Crippen LogP contribution in [0.2, 0.25) is 0 Å². The quantitative estimate of drug-likeness (QED) is 0.344. The van der Waals surface area contributed by atoms with Crippen LogP contribution in [0, 0.1) is 17.8 Å². The fourth-order valence-electron chi connectivity index (χ4n) is 6.49. The van der Waals surface area contributed by atoms with Gasteiger partial charge >= 0.3 is 0 Å². The molecular formula is C27H34N2O7. The second-order valence-corrected chi connectivity index (χ2v) is 10.3. The Bertz CT molecular complexity index is 1200. The minimum absolute atomic E-state index is 0.0463. The average Bonchev–Trinajstić information content (AvgIpc) is 2.81. The number of benzene rings is 1. The highest BCUT2D eigenvalue weighted by Gasteiger charge is 2.67. The van der Waals surface area contributed by atoms with Gasteiger partial charge in [0.2, 0.25) is 5.78 Å². The number of fused-ring (bicyclic) bond motifs is 3. The molecule has 5 N–H and O–H groups in total. The summed E-state index contributed by atoms with van der Waals surface area (Å²) >= 11 is 0. The van der Waals surface area contributed by atoms with Crippen LogP contribution in [-0.4, -0.2) is 70.0 Å². The monoisotopic (exact) mass is 498 g/mol. The van der Waals surface area contributed by atoms with E-state index in [9.17, 15) is 29.7 Å². The fraction of sp³-hybridized carbons (Fsp3) is 0.519. The molecular weight excluding hydrogens is 464 g/mol. The summed E-state index contributed by atoms with van der Waals surface area (Å²) in [5, 5.41) is 34.4. The number of carbonyl (C=O) groups excluding carboxylic acids is 3. The normalized spacial score (nSPS) is 31.8. The van der Waals surface area contributed by atoms with Crippen LogP contribution in [0.1, 0.15) is 50.7 Å². The zero-order valence-electron chi connectivity index (χ0n) is 21.2. The Morgan fingerprint density at radius 2 is 1.86 bits per heavy atom. The molecule has 0 saturated heterocycles. The second kappa shape index (κ2) is 9.05. The number of carbonyl (C=O) groups is 3. The number of hydrogen-bond acceptors (Lipinski definition) is 8. The fourth-order valence-corrected chi connectivity index (χ4v) is 6.49. The first-order chi connectivity index (χ1) is 16.9. The number of nitrogens with zero attached hydrogens (tertiary/aromatic N) is 1. The lowest BCUT2D eigenvalue weighted by molar-refractivity contribution is -0.160. The van der Waals surface area contributed by atoms with Crippen LogP contribution in [0.3, 0.4) is 0 Å². The molecule has 0 radical (unpaired) electrons. The van der Waals surface area contributed by atoms with Crippen molar-refractivity contribution in [1.29, 1.82) is 0 Å². The average molecular weight is 499 g/mol. The van der Waals surface area contributed by atoms with Crippen molar-refractivity contribution in [2.45, 2.75) is 51.2 Å². The van der Waals surface area contributed by atoms with Gasteiger partial charge in [-0.3, -0.25) is 19.3 Å². The number of ketones is 2. The number of nitrogens with two attached hydrogens (primary N) is 1. The smallest absolute Gasteiger partial charge is 0.255 e. The number of hydrogen-bond donors (Lipinski definition) is 4. The first-order valence-electron chi connectivity index (χ1n) is 12.3. The molecule has 1 aromatic carbocycles. The van der Waals surface area contributed by atoms with Crippen LogP contribution in [0.15, 0.2) is 35.1 Å². The molecule has 194 valence electrons. The summed E-state index contributed by atoms with van der Waals surface area (Å²) in [6, 6.07) is 4.33. The van der Waals surface area contributed by atoms with E-state index in [1.165, 1.54) is 4.90 Å². The Morgan fingerprint density at radius 3 is 2.44 bits per heavy atom. The lowest BCUT2D eigenvalue weighted by Gasteiger charge is -2.54. The van der Waals surface area contributed by atoms with Crippen LogP contribution in [0.25, 0.3) is 5.76 Å². The van der Waals surface area contributed by atoms with Gasteiger partial charge in [0.05, 0.1) is 18.2 Å². The molecule has 9 nitrogen and oxygen atoms in total. The highest BCUT2D eigenvalue weighted by molar-refractivity contribution is 6.24. The maximum Gasteiger partial charge on any atom is 0.255 e. The summed E-state index contributed by atoms with van der Waals surface area (Å²) in [5.41, 5.74) is 3.12. The van der Waals surface area contributed by atoms with Crippen molar-refractivity contribution in [3.8, 4) is 5.75 Å². The zero-order chi connectivity index (χ0) is 26.7. The standard InChI is InChI=1S/C27H34N2O7/c1-6-7-11-36-15-10-8-9-14-12(2)16-13(3)20-21(29(4)5)23(31)19(26(28)34)25(33)27(20,35)24(32)18(16)22(30)17(14)15/h8-10,12-13,16,20-21,30,33,35H,6-7,11H2,1-5H3,(H2,28,34)/t12-,13-,16-,20-,21-,27-/m0/s1. The Kier molecular flexibility index (Phi) is 6.51. The third kappa shape index (κ3) is 3.40. The Morgan fingerprint density at radius 1 is 1.19 bits per heavy atom. The van der Waals surface area contributed by atoms with E-state index in [4.69, 9.17) is 10.5 Å². The maximum absolute atomic E-state index is 14.1. The van der Waals surface area contributed by atoms with Crippen molar-refractivity contribution in [2.75, 3.05) is 20.7 Å². The van der Waals surface area contributed by atoms with Crippen molar-refractivity contribution in [1.82, 2.24) is 4.90 Å². The summed E-state index contributed by atoms with van der Waals surface area (Å²) in [4.78, 5) is 41.0. The number of aliphatic hydroxyl groups excluding tert-OH is 2. The molecule has 0 aliphatic heterocycles. The van der Waals surface area contributed by atoms with Crippen molar-refractivity contribution < 1.29 is 34.4 Å². The number of aliphatic hydroxyl groups is 3. The van der Waals surface area contributed by atoms with Crippen molar-refractivity contribution >= 4 is 23.2 Å². The lowest BCUT2D eigenvalue weighted by Crippen LogP contribution is -2.68. The second-order valence-electron chi connectivity index (χ2n) is 10.3. The van der Waals surface area contributed by atoms with E-state index in [1.807, 2.05) is 26.0 Å². The van der Waals surface area contributed by atoms with E-state index in [1.54, 1.807) is 27.1 Å². The highest BCUT2D eigenvalue weighted by atomic mass is 16.5. The van der Waals surface area contributed by atoms with Gasteiger partial charge in [-0.25, -0.2) is 0 Å². The molecule has 0 bridgehead atoms. The molecule has 36 heavy (non-hydrogen) atoms. The van der Waals surface area contributed by atoms with Gasteiger partial charge in [0.15, 0.2) is 11.4 Å². The van der Waals surface area contributed by atoms with Gasteiger partial charge in [0.25, 0.3) is 5.91 Å². The lowest BCUT2D eigenvalue weighted by atomic mass is 9.51. The van der Waals surface area contributed by atoms with Gasteiger partial charge in [-0.15, -0.1) is 0 Å². The van der Waals surface area contributed by atoms with Gasteiger partial charge < -0.3 is 25.8 Å². The largest absolute Gasteiger partial charge is 0.508 e. The van der Waals surface area contributed by atoms with E-state index in [0.29, 0.717) is 17.9 Å². The number of ether oxygens (including phenoxy) is 1. The zero-order valence-corrected chi connectivity index (χ0v) is 21.2. The predicted molar refractivity (Wildman–Crippen MR) is 132 cm³/mol. The van der Waals surface area contributed by atoms with Crippen molar-refractivity contribution in [3.05, 3.63) is 46.2 Å². The Hall–Kier alpha value is -3.17. The molecule has 3 aliphatic rings.